The van der Waals surface area contributed by atoms with E-state index in [4.69, 9.17) is 10.8 Å². The molecule has 1 fully saturated rings. The van der Waals surface area contributed by atoms with E-state index < -0.39 is 18.2 Å². The topological polar surface area (TPSA) is 104 Å². The zero-order chi connectivity index (χ0) is 15.7. The molecule has 1 aliphatic carbocycles. The van der Waals surface area contributed by atoms with Crippen molar-refractivity contribution in [1.82, 2.24) is 0 Å². The van der Waals surface area contributed by atoms with Crippen molar-refractivity contribution in [1.29, 1.82) is 0 Å². The molecule has 5 nitrogen and oxygen atoms in total. The number of aliphatic hydroxyl groups excluding tert-OH is 2. The lowest BCUT2D eigenvalue weighted by atomic mass is 9.74. The van der Waals surface area contributed by atoms with Crippen molar-refractivity contribution in [3.63, 3.8) is 0 Å². The largest absolute Gasteiger partial charge is 0.481 e. The molecule has 1 rings (SSSR count). The molecule has 0 saturated heterocycles. The molecule has 0 heterocycles. The van der Waals surface area contributed by atoms with Crippen molar-refractivity contribution in [3.8, 4) is 0 Å². The predicted molar refractivity (Wildman–Crippen MR) is 77.1 cm³/mol. The van der Waals surface area contributed by atoms with Crippen LogP contribution in [0.25, 0.3) is 0 Å². The summed E-state index contributed by atoms with van der Waals surface area (Å²) in [5.41, 5.74) is 5.53. The van der Waals surface area contributed by atoms with E-state index >= 15 is 0 Å². The molecule has 0 aromatic rings. The van der Waals surface area contributed by atoms with Crippen molar-refractivity contribution in [2.45, 2.75) is 59.2 Å². The van der Waals surface area contributed by atoms with Crippen molar-refractivity contribution < 1.29 is 20.1 Å². The highest BCUT2D eigenvalue weighted by molar-refractivity contribution is 5.67. The van der Waals surface area contributed by atoms with Gasteiger partial charge >= 0.3 is 5.97 Å². The first kappa shape index (κ1) is 17.4. The second-order valence-corrected chi connectivity index (χ2v) is 7.22. The van der Waals surface area contributed by atoms with E-state index in [2.05, 4.69) is 13.8 Å². The molecular weight excluding hydrogens is 258 g/mol. The summed E-state index contributed by atoms with van der Waals surface area (Å²) in [4.78, 5) is 10.6. The van der Waals surface area contributed by atoms with Gasteiger partial charge in [-0.1, -0.05) is 27.7 Å². The smallest absolute Gasteiger partial charge is 0.305 e. The minimum Gasteiger partial charge on any atom is -0.481 e. The standard InChI is InChI=1S/C15H29NO4/c1-9(8-16)15(4)7-11(15)14(2,3)12(18)5-10(17)6-13(19)20/h9-12,17-18H,5-8,16H2,1-4H3,(H,19,20)/t9-,10?,11?,12?,15?/m0/s1. The highest BCUT2D eigenvalue weighted by atomic mass is 16.4. The molecule has 1 aliphatic rings. The Morgan fingerprint density at radius 1 is 1.45 bits per heavy atom. The van der Waals surface area contributed by atoms with Crippen LogP contribution in [0.15, 0.2) is 0 Å². The van der Waals surface area contributed by atoms with Crippen molar-refractivity contribution in [2.24, 2.45) is 28.4 Å². The molecule has 0 radical (unpaired) electrons. The Morgan fingerprint density at radius 2 is 2.00 bits per heavy atom. The molecule has 0 aromatic heterocycles. The Kier molecular flexibility index (Phi) is 5.22. The molecule has 0 bridgehead atoms. The molecule has 0 amide bonds. The quantitative estimate of drug-likeness (QED) is 0.537. The average Bonchev–Trinajstić information content (AvgIpc) is 3.01. The van der Waals surface area contributed by atoms with Crippen LogP contribution < -0.4 is 5.73 Å². The Morgan fingerprint density at radius 3 is 2.45 bits per heavy atom. The van der Waals surface area contributed by atoms with Crippen molar-refractivity contribution >= 4 is 5.97 Å². The van der Waals surface area contributed by atoms with E-state index in [-0.39, 0.29) is 23.7 Å². The molecule has 5 heteroatoms. The zero-order valence-corrected chi connectivity index (χ0v) is 13.0. The molecule has 118 valence electrons. The molecule has 0 aromatic carbocycles. The number of hydrogen-bond acceptors (Lipinski definition) is 4. The third-order valence-corrected chi connectivity index (χ3v) is 5.42. The fraction of sp³-hybridized carbons (Fsp3) is 0.933. The van der Waals surface area contributed by atoms with E-state index in [1.54, 1.807) is 0 Å². The molecular formula is C15H29NO4. The van der Waals surface area contributed by atoms with E-state index in [0.29, 0.717) is 18.4 Å². The SMILES string of the molecule is C[C@@H](CN)C1(C)CC1C(C)(C)C(O)CC(O)CC(=O)O. The molecule has 1 saturated carbocycles. The number of aliphatic hydroxyl groups is 2. The van der Waals surface area contributed by atoms with Crippen LogP contribution in [0.2, 0.25) is 0 Å². The number of rotatable bonds is 8. The Bertz CT molecular complexity index is 358. The van der Waals surface area contributed by atoms with Gasteiger partial charge < -0.3 is 21.1 Å². The van der Waals surface area contributed by atoms with Crippen LogP contribution in [0, 0.1) is 22.7 Å². The van der Waals surface area contributed by atoms with Gasteiger partial charge in [0.2, 0.25) is 0 Å². The summed E-state index contributed by atoms with van der Waals surface area (Å²) in [7, 11) is 0. The van der Waals surface area contributed by atoms with Gasteiger partial charge in [-0.25, -0.2) is 0 Å². The average molecular weight is 287 g/mol. The fourth-order valence-electron chi connectivity index (χ4n) is 3.39. The minimum absolute atomic E-state index is 0.100. The summed E-state index contributed by atoms with van der Waals surface area (Å²) >= 11 is 0. The summed E-state index contributed by atoms with van der Waals surface area (Å²) in [5.74, 6) is -0.306. The lowest BCUT2D eigenvalue weighted by molar-refractivity contribution is -0.139. The van der Waals surface area contributed by atoms with Gasteiger partial charge in [-0.3, -0.25) is 4.79 Å². The zero-order valence-electron chi connectivity index (χ0n) is 13.0. The molecule has 5 atom stereocenters. The van der Waals surface area contributed by atoms with Crippen molar-refractivity contribution in [3.05, 3.63) is 0 Å². The van der Waals surface area contributed by atoms with Gasteiger partial charge in [-0.15, -0.1) is 0 Å². The van der Waals surface area contributed by atoms with Gasteiger partial charge in [-0.2, -0.15) is 0 Å². The number of hydrogen-bond donors (Lipinski definition) is 4. The van der Waals surface area contributed by atoms with Crippen molar-refractivity contribution in [2.75, 3.05) is 6.54 Å². The van der Waals surface area contributed by atoms with Crippen LogP contribution >= 0.6 is 0 Å². The van der Waals surface area contributed by atoms with Gasteiger partial charge in [0.25, 0.3) is 0 Å². The van der Waals surface area contributed by atoms with Crippen LogP contribution in [0.4, 0.5) is 0 Å². The van der Waals surface area contributed by atoms with Gasteiger partial charge in [0.15, 0.2) is 0 Å². The monoisotopic (exact) mass is 287 g/mol. The molecule has 0 spiro atoms. The normalized spacial score (nSPS) is 30.6. The summed E-state index contributed by atoms with van der Waals surface area (Å²) in [6.07, 6.45) is -0.922. The first-order valence-electron chi connectivity index (χ1n) is 7.33. The minimum atomic E-state index is -1.05. The third-order valence-electron chi connectivity index (χ3n) is 5.42. The second-order valence-electron chi connectivity index (χ2n) is 7.22. The second kappa shape index (κ2) is 6.00. The highest BCUT2D eigenvalue weighted by Gasteiger charge is 2.60. The predicted octanol–water partition coefficient (Wildman–Crippen LogP) is 1.22. The van der Waals surface area contributed by atoms with Crippen LogP contribution in [0.5, 0.6) is 0 Å². The molecule has 20 heavy (non-hydrogen) atoms. The Labute approximate surface area is 121 Å². The number of carboxylic acids is 1. The Balaban J connectivity index is 2.63. The summed E-state index contributed by atoms with van der Waals surface area (Å²) in [6.45, 7) is 8.93. The lowest BCUT2D eigenvalue weighted by Crippen LogP contribution is -2.37. The van der Waals surface area contributed by atoms with Gasteiger partial charge in [-0.05, 0) is 35.6 Å². The van der Waals surface area contributed by atoms with Gasteiger partial charge in [0, 0.05) is 6.42 Å². The summed E-state index contributed by atoms with van der Waals surface area (Å²) in [5, 5.41) is 28.7. The van der Waals surface area contributed by atoms with Crippen LogP contribution in [0.1, 0.15) is 47.0 Å². The maximum atomic E-state index is 10.6. The number of carboxylic acid groups (broad SMARTS) is 1. The first-order valence-corrected chi connectivity index (χ1v) is 7.33. The number of aliphatic carboxylic acids is 1. The van der Waals surface area contributed by atoms with E-state index in [1.165, 1.54) is 0 Å². The Hall–Kier alpha value is -0.650. The molecule has 5 N–H and O–H groups in total. The highest BCUT2D eigenvalue weighted by Crippen LogP contribution is 2.65. The third kappa shape index (κ3) is 3.51. The maximum Gasteiger partial charge on any atom is 0.305 e. The molecule has 0 aliphatic heterocycles. The van der Waals surface area contributed by atoms with Crippen LogP contribution in [-0.2, 0) is 4.79 Å². The first-order chi connectivity index (χ1) is 9.05. The number of carbonyl (C=O) groups is 1. The summed E-state index contributed by atoms with van der Waals surface area (Å²) < 4.78 is 0. The lowest BCUT2D eigenvalue weighted by Gasteiger charge is -2.35. The van der Waals surface area contributed by atoms with Gasteiger partial charge in [0.05, 0.1) is 18.6 Å². The van der Waals surface area contributed by atoms with Crippen LogP contribution in [0.3, 0.4) is 0 Å². The number of nitrogens with two attached hydrogens (primary N) is 1. The van der Waals surface area contributed by atoms with E-state index in [9.17, 15) is 15.0 Å². The molecule has 4 unspecified atom stereocenters. The maximum absolute atomic E-state index is 10.6. The van der Waals surface area contributed by atoms with E-state index in [0.717, 1.165) is 6.42 Å². The van der Waals surface area contributed by atoms with E-state index in [1.807, 2.05) is 13.8 Å². The van der Waals surface area contributed by atoms with Gasteiger partial charge in [0.1, 0.15) is 0 Å². The van der Waals surface area contributed by atoms with Crippen LogP contribution in [-0.4, -0.2) is 40.0 Å². The fourth-order valence-corrected chi connectivity index (χ4v) is 3.39. The summed E-state index contributed by atoms with van der Waals surface area (Å²) in [6, 6.07) is 0.